The molecule has 0 saturated carbocycles. The molecule has 0 aliphatic rings. The molecule has 0 spiro atoms. The molecule has 7 heavy (non-hydrogen) atoms. The van der Waals surface area contributed by atoms with Gasteiger partial charge in [0.1, 0.15) is 0 Å². The van der Waals surface area contributed by atoms with Gasteiger partial charge in [0.2, 0.25) is 0 Å². The normalized spacial score (nSPS) is 11.6. The molecule has 0 heterocycles. The van der Waals surface area contributed by atoms with Gasteiger partial charge in [-0.3, -0.25) is 0 Å². The van der Waals surface area contributed by atoms with Crippen LogP contribution in [0.1, 0.15) is 20.3 Å². The van der Waals surface area contributed by atoms with Crippen molar-refractivity contribution in [1.29, 1.82) is 0 Å². The van der Waals surface area contributed by atoms with Gasteiger partial charge in [0.05, 0.1) is 0 Å². The lowest BCUT2D eigenvalue weighted by Crippen LogP contribution is -1.92. The molecule has 1 radical (unpaired) electrons. The summed E-state index contributed by atoms with van der Waals surface area (Å²) in [6, 6.07) is 0. The van der Waals surface area contributed by atoms with Crippen molar-refractivity contribution in [2.75, 3.05) is 7.05 Å². The van der Waals surface area contributed by atoms with Crippen LogP contribution in [0.4, 0.5) is 0 Å². The molecule has 0 aromatic rings. The lowest BCUT2D eigenvalue weighted by atomic mass is 10.3. The first-order valence-electron chi connectivity index (χ1n) is 2.43. The van der Waals surface area contributed by atoms with Crippen LogP contribution >= 0.6 is 0 Å². The van der Waals surface area contributed by atoms with Crippen molar-refractivity contribution in [2.24, 2.45) is 5.10 Å². The molecule has 0 saturated heterocycles. The van der Waals surface area contributed by atoms with Gasteiger partial charge in [0.25, 0.3) is 0 Å². The Bertz CT molecular complexity index is 66.5. The van der Waals surface area contributed by atoms with Crippen molar-refractivity contribution in [3.05, 3.63) is 0 Å². The smallest absolute Gasteiger partial charge is 0.0491 e. The van der Waals surface area contributed by atoms with Crippen molar-refractivity contribution in [3.8, 4) is 0 Å². The molecule has 0 rings (SSSR count). The summed E-state index contributed by atoms with van der Waals surface area (Å²) in [5.74, 6) is 0. The van der Waals surface area contributed by atoms with E-state index in [1.165, 1.54) is 0 Å². The minimum absolute atomic E-state index is 0.997. The van der Waals surface area contributed by atoms with E-state index in [-0.39, 0.29) is 0 Å². The molecule has 0 aromatic carbocycles. The second-order valence-corrected chi connectivity index (χ2v) is 1.39. The van der Waals surface area contributed by atoms with Gasteiger partial charge in [-0.15, -0.1) is 0 Å². The second-order valence-electron chi connectivity index (χ2n) is 1.39. The van der Waals surface area contributed by atoms with E-state index in [0.29, 0.717) is 0 Å². The van der Waals surface area contributed by atoms with E-state index < -0.39 is 0 Å². The Labute approximate surface area is 44.6 Å². The van der Waals surface area contributed by atoms with Gasteiger partial charge in [-0.25, -0.2) is 0 Å². The molecular formula is C5H11N2. The van der Waals surface area contributed by atoms with Crippen LogP contribution in [-0.2, 0) is 0 Å². The van der Waals surface area contributed by atoms with Crippen LogP contribution in [0, 0.1) is 0 Å². The largest absolute Gasteiger partial charge is 0.193 e. The molecule has 2 nitrogen and oxygen atoms in total. The Morgan fingerprint density at radius 1 is 1.57 bits per heavy atom. The Balaban J connectivity index is 3.29. The summed E-state index contributed by atoms with van der Waals surface area (Å²) < 4.78 is 0. The average Bonchev–Trinajstić information content (AvgIpc) is 1.68. The molecular weight excluding hydrogens is 88.1 g/mol. The van der Waals surface area contributed by atoms with Crippen LogP contribution in [0.2, 0.25) is 0 Å². The highest BCUT2D eigenvalue weighted by molar-refractivity contribution is 5.81. The Morgan fingerprint density at radius 3 is 2.29 bits per heavy atom. The van der Waals surface area contributed by atoms with E-state index in [1.54, 1.807) is 7.05 Å². The molecule has 2 heteroatoms. The average molecular weight is 99.2 g/mol. The van der Waals surface area contributed by atoms with E-state index in [4.69, 9.17) is 0 Å². The fourth-order valence-corrected chi connectivity index (χ4v) is 0.241. The molecule has 0 N–H and O–H groups in total. The highest BCUT2D eigenvalue weighted by Crippen LogP contribution is 1.79. The van der Waals surface area contributed by atoms with Gasteiger partial charge >= 0.3 is 0 Å². The lowest BCUT2D eigenvalue weighted by molar-refractivity contribution is 0.870. The third-order valence-corrected chi connectivity index (χ3v) is 0.782. The SMILES string of the molecule is CCC(C)=N[N]C. The van der Waals surface area contributed by atoms with Gasteiger partial charge in [0.15, 0.2) is 0 Å². The van der Waals surface area contributed by atoms with Crippen LogP contribution in [-0.4, -0.2) is 12.8 Å². The lowest BCUT2D eigenvalue weighted by Gasteiger charge is -1.87. The van der Waals surface area contributed by atoms with Gasteiger partial charge in [-0.2, -0.15) is 10.5 Å². The highest BCUT2D eigenvalue weighted by Gasteiger charge is 1.79. The summed E-state index contributed by atoms with van der Waals surface area (Å²) in [4.78, 5) is 0. The first-order chi connectivity index (χ1) is 3.31. The topological polar surface area (TPSA) is 26.5 Å². The van der Waals surface area contributed by atoms with Crippen molar-refractivity contribution in [1.82, 2.24) is 5.43 Å². The summed E-state index contributed by atoms with van der Waals surface area (Å²) in [6.07, 6.45) is 0.997. The zero-order valence-corrected chi connectivity index (χ0v) is 5.10. The van der Waals surface area contributed by atoms with E-state index in [1.807, 2.05) is 6.92 Å². The summed E-state index contributed by atoms with van der Waals surface area (Å²) in [5.41, 5.74) is 4.68. The highest BCUT2D eigenvalue weighted by atomic mass is 15.3. The molecule has 0 amide bonds. The number of hydrogen-bond donors (Lipinski definition) is 0. The predicted molar refractivity (Wildman–Crippen MR) is 31.5 cm³/mol. The number of hydrogen-bond acceptors (Lipinski definition) is 1. The number of rotatable bonds is 2. The first-order valence-corrected chi connectivity index (χ1v) is 2.43. The van der Waals surface area contributed by atoms with Crippen LogP contribution in [0.15, 0.2) is 5.10 Å². The van der Waals surface area contributed by atoms with E-state index in [0.717, 1.165) is 12.1 Å². The second kappa shape index (κ2) is 3.65. The summed E-state index contributed by atoms with van der Waals surface area (Å²) in [7, 11) is 1.68. The zero-order valence-electron chi connectivity index (χ0n) is 5.10. The Hall–Kier alpha value is -0.530. The molecule has 0 unspecified atom stereocenters. The van der Waals surface area contributed by atoms with Gasteiger partial charge in [0, 0.05) is 12.8 Å². The summed E-state index contributed by atoms with van der Waals surface area (Å²) in [5, 5.41) is 3.78. The third kappa shape index (κ3) is 3.30. The third-order valence-electron chi connectivity index (χ3n) is 0.782. The molecule has 41 valence electrons. The number of nitrogens with zero attached hydrogens (tertiary/aromatic N) is 2. The predicted octanol–water partition coefficient (Wildman–Crippen LogP) is 1.01. The molecule has 0 aliphatic heterocycles. The maximum Gasteiger partial charge on any atom is 0.0491 e. The van der Waals surface area contributed by atoms with E-state index >= 15 is 0 Å². The maximum absolute atomic E-state index is 3.78. The molecule has 0 fully saturated rings. The summed E-state index contributed by atoms with van der Waals surface area (Å²) >= 11 is 0. The fourth-order valence-electron chi connectivity index (χ4n) is 0.241. The summed E-state index contributed by atoms with van der Waals surface area (Å²) in [6.45, 7) is 4.02. The van der Waals surface area contributed by atoms with Crippen molar-refractivity contribution in [3.63, 3.8) is 0 Å². The van der Waals surface area contributed by atoms with E-state index in [2.05, 4.69) is 17.5 Å². The van der Waals surface area contributed by atoms with Gasteiger partial charge < -0.3 is 0 Å². The maximum atomic E-state index is 3.78. The zero-order chi connectivity index (χ0) is 5.70. The molecule has 0 aliphatic carbocycles. The minimum Gasteiger partial charge on any atom is -0.193 e. The Morgan fingerprint density at radius 2 is 2.14 bits per heavy atom. The monoisotopic (exact) mass is 99.1 g/mol. The first kappa shape index (κ1) is 6.47. The van der Waals surface area contributed by atoms with Crippen LogP contribution in [0.5, 0.6) is 0 Å². The standard InChI is InChI=1S/C5H11N2/c1-4-5(2)7-6-3/h4H2,1-3H3. The van der Waals surface area contributed by atoms with E-state index in [9.17, 15) is 0 Å². The van der Waals surface area contributed by atoms with Crippen LogP contribution < -0.4 is 5.43 Å². The van der Waals surface area contributed by atoms with Crippen LogP contribution in [0.3, 0.4) is 0 Å². The molecule has 0 bridgehead atoms. The quantitative estimate of drug-likeness (QED) is 0.365. The van der Waals surface area contributed by atoms with Gasteiger partial charge in [-0.1, -0.05) is 6.92 Å². The van der Waals surface area contributed by atoms with Gasteiger partial charge in [-0.05, 0) is 13.3 Å². The molecule has 0 atom stereocenters. The minimum atomic E-state index is 0.997. The Kier molecular flexibility index (Phi) is 3.38. The fraction of sp³-hybridized carbons (Fsp3) is 0.800. The van der Waals surface area contributed by atoms with Crippen molar-refractivity contribution >= 4 is 5.71 Å². The van der Waals surface area contributed by atoms with Crippen LogP contribution in [0.25, 0.3) is 0 Å². The van der Waals surface area contributed by atoms with Crippen molar-refractivity contribution < 1.29 is 0 Å². The molecule has 0 aromatic heterocycles. The van der Waals surface area contributed by atoms with Crippen molar-refractivity contribution in [2.45, 2.75) is 20.3 Å².